The molecule has 1 atom stereocenters. The van der Waals surface area contributed by atoms with Gasteiger partial charge in [0.05, 0.1) is 21.3 Å². The molecule has 130 valence electrons. The molecule has 1 aliphatic rings. The van der Waals surface area contributed by atoms with E-state index in [4.69, 9.17) is 4.74 Å². The Morgan fingerprint density at radius 2 is 2.25 bits per heavy atom. The number of amides is 1. The molecule has 0 saturated carbocycles. The number of nitrogens with zero attached hydrogens (tertiary/aromatic N) is 2. The summed E-state index contributed by atoms with van der Waals surface area (Å²) in [4.78, 5) is 18.7. The van der Waals surface area contributed by atoms with Gasteiger partial charge in [-0.15, -0.1) is 11.3 Å². The van der Waals surface area contributed by atoms with E-state index in [9.17, 15) is 4.79 Å². The molecule has 24 heavy (non-hydrogen) atoms. The molecule has 1 saturated heterocycles. The normalized spacial score (nSPS) is 18.2. The second-order valence-corrected chi connectivity index (χ2v) is 8.50. The molecule has 1 aromatic heterocycles. The van der Waals surface area contributed by atoms with E-state index in [0.29, 0.717) is 0 Å². The Hall–Kier alpha value is -1.82. The van der Waals surface area contributed by atoms with Crippen LogP contribution >= 0.6 is 11.3 Å². The van der Waals surface area contributed by atoms with E-state index in [0.717, 1.165) is 42.1 Å². The summed E-state index contributed by atoms with van der Waals surface area (Å²) in [5, 5.41) is 4.54. The zero-order valence-corrected chi connectivity index (χ0v) is 15.6. The topological polar surface area (TPSA) is 54.5 Å². The van der Waals surface area contributed by atoms with E-state index in [2.05, 4.69) is 16.4 Å². The van der Waals surface area contributed by atoms with E-state index >= 15 is 0 Å². The van der Waals surface area contributed by atoms with Gasteiger partial charge in [-0.05, 0) is 58.7 Å². The Bertz CT molecular complexity index is 735. The maximum absolute atomic E-state index is 12.3. The summed E-state index contributed by atoms with van der Waals surface area (Å²) in [5.74, 6) is 0. The molecule has 0 spiro atoms. The van der Waals surface area contributed by atoms with E-state index in [1.165, 1.54) is 4.70 Å². The molecule has 1 unspecified atom stereocenters. The van der Waals surface area contributed by atoms with Crippen LogP contribution in [0.25, 0.3) is 10.2 Å². The predicted molar refractivity (Wildman–Crippen MR) is 98.8 cm³/mol. The van der Waals surface area contributed by atoms with Crippen LogP contribution < -0.4 is 5.32 Å². The Kier molecular flexibility index (Phi) is 4.67. The lowest BCUT2D eigenvalue weighted by molar-refractivity contribution is 0.0235. The van der Waals surface area contributed by atoms with Crippen LogP contribution in [0.5, 0.6) is 0 Å². The van der Waals surface area contributed by atoms with E-state index in [-0.39, 0.29) is 12.1 Å². The summed E-state index contributed by atoms with van der Waals surface area (Å²) in [6.45, 7) is 9.24. The minimum absolute atomic E-state index is 0.179. The lowest BCUT2D eigenvalue weighted by Crippen LogP contribution is -2.42. The number of nitrogens with one attached hydrogen (secondary N) is 1. The standard InChI is InChI=1S/C18H25N3O2S/c1-12-20-15-8-7-13(10-16(15)24-12)19-11-14-6-5-9-21(14)17(22)23-18(2,3)4/h7-8,10,14,19H,5-6,9,11H2,1-4H3. The van der Waals surface area contributed by atoms with Crippen LogP contribution in [0.4, 0.5) is 10.5 Å². The molecule has 5 nitrogen and oxygen atoms in total. The lowest BCUT2D eigenvalue weighted by Gasteiger charge is -2.28. The molecular formula is C18H25N3O2S. The smallest absolute Gasteiger partial charge is 0.410 e. The van der Waals surface area contributed by atoms with E-state index in [1.807, 2.05) is 44.7 Å². The highest BCUT2D eigenvalue weighted by Crippen LogP contribution is 2.26. The van der Waals surface area contributed by atoms with Gasteiger partial charge in [-0.2, -0.15) is 0 Å². The van der Waals surface area contributed by atoms with Crippen LogP contribution in [0.3, 0.4) is 0 Å². The van der Waals surface area contributed by atoms with Gasteiger partial charge in [-0.25, -0.2) is 9.78 Å². The molecule has 6 heteroatoms. The zero-order valence-electron chi connectivity index (χ0n) is 14.8. The third-order valence-corrected chi connectivity index (χ3v) is 4.98. The predicted octanol–water partition coefficient (Wildman–Crippen LogP) is 4.42. The van der Waals surface area contributed by atoms with Crippen molar-refractivity contribution in [1.29, 1.82) is 0 Å². The Morgan fingerprint density at radius 3 is 3.00 bits per heavy atom. The summed E-state index contributed by atoms with van der Waals surface area (Å²) < 4.78 is 6.70. The first kappa shape index (κ1) is 17.0. The molecule has 3 rings (SSSR count). The first-order valence-corrected chi connectivity index (χ1v) is 9.24. The third-order valence-electron chi connectivity index (χ3n) is 4.04. The summed E-state index contributed by atoms with van der Waals surface area (Å²) in [6.07, 6.45) is 1.83. The summed E-state index contributed by atoms with van der Waals surface area (Å²) >= 11 is 1.70. The van der Waals surface area contributed by atoms with Crippen molar-refractivity contribution in [1.82, 2.24) is 9.88 Å². The zero-order chi connectivity index (χ0) is 17.3. The minimum atomic E-state index is -0.452. The van der Waals surface area contributed by atoms with Gasteiger partial charge in [0.2, 0.25) is 0 Å². The molecule has 0 bridgehead atoms. The van der Waals surface area contributed by atoms with Crippen molar-refractivity contribution in [3.63, 3.8) is 0 Å². The number of fused-ring (bicyclic) bond motifs is 1. The fourth-order valence-electron chi connectivity index (χ4n) is 2.99. The highest BCUT2D eigenvalue weighted by atomic mass is 32.1. The van der Waals surface area contributed by atoms with Crippen molar-refractivity contribution in [3.05, 3.63) is 23.2 Å². The van der Waals surface area contributed by atoms with Crippen LogP contribution in [0, 0.1) is 6.92 Å². The van der Waals surface area contributed by atoms with Gasteiger partial charge in [0.25, 0.3) is 0 Å². The van der Waals surface area contributed by atoms with Crippen molar-refractivity contribution in [2.75, 3.05) is 18.4 Å². The molecular weight excluding hydrogens is 322 g/mol. The largest absolute Gasteiger partial charge is 0.444 e. The molecule has 1 fully saturated rings. The number of benzene rings is 1. The number of likely N-dealkylation sites (tertiary alicyclic amines) is 1. The Morgan fingerprint density at radius 1 is 1.46 bits per heavy atom. The molecule has 0 radical (unpaired) electrons. The van der Waals surface area contributed by atoms with Crippen LogP contribution in [0.2, 0.25) is 0 Å². The van der Waals surface area contributed by atoms with Crippen LogP contribution in [0.1, 0.15) is 38.6 Å². The molecule has 1 aromatic carbocycles. The minimum Gasteiger partial charge on any atom is -0.444 e. The molecule has 1 amide bonds. The number of hydrogen-bond donors (Lipinski definition) is 1. The highest BCUT2D eigenvalue weighted by Gasteiger charge is 2.31. The quantitative estimate of drug-likeness (QED) is 0.893. The maximum Gasteiger partial charge on any atom is 0.410 e. The van der Waals surface area contributed by atoms with Gasteiger partial charge in [0, 0.05) is 18.8 Å². The molecule has 2 aromatic rings. The van der Waals surface area contributed by atoms with Gasteiger partial charge in [0.1, 0.15) is 5.60 Å². The fraction of sp³-hybridized carbons (Fsp3) is 0.556. The average molecular weight is 347 g/mol. The van der Waals surface area contributed by atoms with Gasteiger partial charge in [0.15, 0.2) is 0 Å². The first-order chi connectivity index (χ1) is 11.3. The average Bonchev–Trinajstić information content (AvgIpc) is 3.07. The second-order valence-electron chi connectivity index (χ2n) is 7.27. The third kappa shape index (κ3) is 3.98. The van der Waals surface area contributed by atoms with E-state index in [1.54, 1.807) is 11.3 Å². The number of anilines is 1. The van der Waals surface area contributed by atoms with Gasteiger partial charge in [-0.3, -0.25) is 0 Å². The van der Waals surface area contributed by atoms with Gasteiger partial charge in [-0.1, -0.05) is 0 Å². The fourth-order valence-corrected chi connectivity index (χ4v) is 3.86. The number of carbonyl (C=O) groups is 1. The number of carbonyl (C=O) groups excluding carboxylic acids is 1. The maximum atomic E-state index is 12.3. The molecule has 2 heterocycles. The van der Waals surface area contributed by atoms with Crippen molar-refractivity contribution in [3.8, 4) is 0 Å². The Balaban J connectivity index is 1.62. The number of aromatic nitrogens is 1. The number of thiazole rings is 1. The lowest BCUT2D eigenvalue weighted by atomic mass is 10.2. The molecule has 1 aliphatic heterocycles. The first-order valence-electron chi connectivity index (χ1n) is 8.42. The van der Waals surface area contributed by atoms with Gasteiger partial charge >= 0.3 is 6.09 Å². The number of aryl methyl sites for hydroxylation is 1. The number of rotatable bonds is 3. The van der Waals surface area contributed by atoms with Crippen molar-refractivity contribution in [2.45, 2.75) is 52.2 Å². The number of ether oxygens (including phenoxy) is 1. The Labute approximate surface area is 147 Å². The van der Waals surface area contributed by atoms with Crippen LogP contribution in [-0.2, 0) is 4.74 Å². The number of hydrogen-bond acceptors (Lipinski definition) is 5. The SMILES string of the molecule is Cc1nc2ccc(NCC3CCCN3C(=O)OC(C)(C)C)cc2s1. The van der Waals surface area contributed by atoms with Crippen molar-refractivity contribution in [2.24, 2.45) is 0 Å². The van der Waals surface area contributed by atoms with Crippen LogP contribution in [0.15, 0.2) is 18.2 Å². The summed E-state index contributed by atoms with van der Waals surface area (Å²) in [5.41, 5.74) is 1.66. The summed E-state index contributed by atoms with van der Waals surface area (Å²) in [6, 6.07) is 6.40. The molecule has 0 aliphatic carbocycles. The van der Waals surface area contributed by atoms with Crippen molar-refractivity contribution < 1.29 is 9.53 Å². The van der Waals surface area contributed by atoms with E-state index < -0.39 is 5.60 Å². The monoisotopic (exact) mass is 347 g/mol. The van der Waals surface area contributed by atoms with Crippen molar-refractivity contribution >= 4 is 33.3 Å². The highest BCUT2D eigenvalue weighted by molar-refractivity contribution is 7.18. The second kappa shape index (κ2) is 6.59. The van der Waals surface area contributed by atoms with Gasteiger partial charge < -0.3 is 15.0 Å². The summed E-state index contributed by atoms with van der Waals surface area (Å²) in [7, 11) is 0. The van der Waals surface area contributed by atoms with Crippen LogP contribution in [-0.4, -0.2) is 40.7 Å². The molecule has 1 N–H and O–H groups in total.